The number of aromatic nitrogens is 3. The Morgan fingerprint density at radius 3 is 2.76 bits per heavy atom. The first kappa shape index (κ1) is 16.1. The summed E-state index contributed by atoms with van der Waals surface area (Å²) in [7, 11) is 0. The third-order valence-electron chi connectivity index (χ3n) is 5.27. The van der Waals surface area contributed by atoms with E-state index in [-0.39, 0.29) is 12.5 Å². The molecule has 1 aliphatic rings. The summed E-state index contributed by atoms with van der Waals surface area (Å²) >= 11 is 0. The molecule has 0 spiro atoms. The summed E-state index contributed by atoms with van der Waals surface area (Å²) in [6.07, 6.45) is 5.88. The molecule has 0 bridgehead atoms. The smallest absolute Gasteiger partial charge is 0.242 e. The molecule has 1 aliphatic carbocycles. The normalized spacial score (nSPS) is 15.8. The number of benzene rings is 1. The van der Waals surface area contributed by atoms with Gasteiger partial charge in [-0.05, 0) is 38.3 Å². The Hall–Kier alpha value is -2.43. The second-order valence-corrected chi connectivity index (χ2v) is 7.10. The Balaban J connectivity index is 1.66. The van der Waals surface area contributed by atoms with E-state index in [1.807, 2.05) is 25.1 Å². The first-order valence-electron chi connectivity index (χ1n) is 9.15. The maximum absolute atomic E-state index is 12.5. The summed E-state index contributed by atoms with van der Waals surface area (Å²) in [6.45, 7) is 4.32. The third kappa shape index (κ3) is 2.99. The molecule has 2 heterocycles. The van der Waals surface area contributed by atoms with Gasteiger partial charge in [0.05, 0.1) is 11.2 Å². The number of nitrogens with one attached hydrogen (secondary N) is 1. The van der Waals surface area contributed by atoms with Crippen molar-refractivity contribution in [3.05, 3.63) is 35.5 Å². The minimum absolute atomic E-state index is 0.0314. The number of carbonyl (C=O) groups excluding carboxylic acids is 1. The Labute approximate surface area is 147 Å². The number of rotatable bonds is 3. The van der Waals surface area contributed by atoms with Gasteiger partial charge in [-0.2, -0.15) is 5.10 Å². The molecule has 5 heteroatoms. The van der Waals surface area contributed by atoms with E-state index in [0.717, 1.165) is 40.5 Å². The highest BCUT2D eigenvalue weighted by Crippen LogP contribution is 2.27. The van der Waals surface area contributed by atoms with Gasteiger partial charge in [-0.15, -0.1) is 0 Å². The predicted molar refractivity (Wildman–Crippen MR) is 99.5 cm³/mol. The minimum Gasteiger partial charge on any atom is -0.352 e. The quantitative estimate of drug-likeness (QED) is 0.794. The average molecular weight is 336 g/mol. The van der Waals surface area contributed by atoms with Gasteiger partial charge in [0.15, 0.2) is 5.65 Å². The largest absolute Gasteiger partial charge is 0.352 e. The highest BCUT2D eigenvalue weighted by Gasteiger charge is 2.19. The maximum atomic E-state index is 12.5. The summed E-state index contributed by atoms with van der Waals surface area (Å²) < 4.78 is 1.75. The summed E-state index contributed by atoms with van der Waals surface area (Å²) in [4.78, 5) is 17.3. The first-order chi connectivity index (χ1) is 12.1. The Morgan fingerprint density at radius 1 is 1.20 bits per heavy atom. The van der Waals surface area contributed by atoms with Gasteiger partial charge in [-0.1, -0.05) is 37.5 Å². The molecule has 5 nitrogen and oxygen atoms in total. The molecule has 1 aromatic carbocycles. The van der Waals surface area contributed by atoms with E-state index >= 15 is 0 Å². The number of amides is 1. The van der Waals surface area contributed by atoms with Crippen LogP contribution < -0.4 is 5.32 Å². The van der Waals surface area contributed by atoms with Crippen molar-refractivity contribution in [2.45, 2.75) is 58.5 Å². The lowest BCUT2D eigenvalue weighted by atomic mass is 9.95. The van der Waals surface area contributed by atoms with Crippen LogP contribution in [-0.4, -0.2) is 26.7 Å². The molecule has 1 saturated carbocycles. The van der Waals surface area contributed by atoms with Crippen molar-refractivity contribution in [3.8, 4) is 0 Å². The monoisotopic (exact) mass is 336 g/mol. The Morgan fingerprint density at radius 2 is 1.96 bits per heavy atom. The van der Waals surface area contributed by atoms with Gasteiger partial charge in [-0.25, -0.2) is 9.67 Å². The lowest BCUT2D eigenvalue weighted by Crippen LogP contribution is -2.38. The van der Waals surface area contributed by atoms with Crippen LogP contribution in [0, 0.1) is 13.8 Å². The van der Waals surface area contributed by atoms with Crippen molar-refractivity contribution >= 4 is 27.8 Å². The van der Waals surface area contributed by atoms with Gasteiger partial charge < -0.3 is 5.32 Å². The second-order valence-electron chi connectivity index (χ2n) is 7.10. The highest BCUT2D eigenvalue weighted by atomic mass is 16.2. The molecule has 25 heavy (non-hydrogen) atoms. The van der Waals surface area contributed by atoms with Gasteiger partial charge in [0.25, 0.3) is 0 Å². The Kier molecular flexibility index (Phi) is 4.15. The van der Waals surface area contributed by atoms with Crippen molar-refractivity contribution in [2.24, 2.45) is 0 Å². The third-order valence-corrected chi connectivity index (χ3v) is 5.27. The maximum Gasteiger partial charge on any atom is 0.242 e. The topological polar surface area (TPSA) is 59.8 Å². The number of aryl methyl sites for hydroxylation is 2. The lowest BCUT2D eigenvalue weighted by Gasteiger charge is -2.22. The van der Waals surface area contributed by atoms with Gasteiger partial charge in [0.2, 0.25) is 5.91 Å². The molecule has 2 aromatic heterocycles. The molecule has 0 atom stereocenters. The zero-order chi connectivity index (χ0) is 17.4. The Bertz CT molecular complexity index is 938. The van der Waals surface area contributed by atoms with E-state index in [2.05, 4.69) is 23.4 Å². The number of pyridine rings is 1. The zero-order valence-corrected chi connectivity index (χ0v) is 14.9. The van der Waals surface area contributed by atoms with Crippen LogP contribution in [0.4, 0.5) is 0 Å². The summed E-state index contributed by atoms with van der Waals surface area (Å²) in [6, 6.07) is 8.43. The summed E-state index contributed by atoms with van der Waals surface area (Å²) in [5.74, 6) is 0.0314. The van der Waals surface area contributed by atoms with Gasteiger partial charge in [0.1, 0.15) is 6.54 Å². The van der Waals surface area contributed by atoms with Crippen LogP contribution in [0.5, 0.6) is 0 Å². The van der Waals surface area contributed by atoms with E-state index in [1.165, 1.54) is 24.8 Å². The standard InChI is InChI=1S/C20H24N4O/c1-13-16-10-6-7-11-17(16)22-20-19(13)14(2)23-24(20)12-18(25)21-15-8-4-3-5-9-15/h6-7,10-11,15H,3-5,8-9,12H2,1-2H3,(H,21,25). The number of hydrogen-bond donors (Lipinski definition) is 1. The lowest BCUT2D eigenvalue weighted by molar-refractivity contribution is -0.122. The molecule has 1 N–H and O–H groups in total. The molecule has 4 rings (SSSR count). The van der Waals surface area contributed by atoms with Crippen LogP contribution in [0.1, 0.15) is 43.4 Å². The van der Waals surface area contributed by atoms with Crippen LogP contribution in [-0.2, 0) is 11.3 Å². The van der Waals surface area contributed by atoms with E-state index in [0.29, 0.717) is 6.04 Å². The van der Waals surface area contributed by atoms with Gasteiger partial charge in [-0.3, -0.25) is 4.79 Å². The summed E-state index contributed by atoms with van der Waals surface area (Å²) in [5.41, 5.74) is 3.85. The van der Waals surface area contributed by atoms with E-state index in [1.54, 1.807) is 4.68 Å². The molecule has 0 unspecified atom stereocenters. The molecule has 0 radical (unpaired) electrons. The van der Waals surface area contributed by atoms with Crippen LogP contribution in [0.2, 0.25) is 0 Å². The molecular weight excluding hydrogens is 312 g/mol. The SMILES string of the molecule is Cc1nn(CC(=O)NC2CCCCC2)c2nc3ccccc3c(C)c12. The number of hydrogen-bond acceptors (Lipinski definition) is 3. The van der Waals surface area contributed by atoms with Crippen molar-refractivity contribution in [1.29, 1.82) is 0 Å². The fourth-order valence-corrected chi connectivity index (χ4v) is 4.03. The first-order valence-corrected chi connectivity index (χ1v) is 9.15. The predicted octanol–water partition coefficient (Wildman–Crippen LogP) is 3.65. The van der Waals surface area contributed by atoms with Crippen molar-refractivity contribution in [2.75, 3.05) is 0 Å². The highest BCUT2D eigenvalue weighted by molar-refractivity contribution is 5.97. The van der Waals surface area contributed by atoms with Crippen LogP contribution >= 0.6 is 0 Å². The number of fused-ring (bicyclic) bond motifs is 2. The fourth-order valence-electron chi connectivity index (χ4n) is 4.03. The zero-order valence-electron chi connectivity index (χ0n) is 14.9. The van der Waals surface area contributed by atoms with Crippen LogP contribution in [0.15, 0.2) is 24.3 Å². The van der Waals surface area contributed by atoms with Gasteiger partial charge >= 0.3 is 0 Å². The number of nitrogens with zero attached hydrogens (tertiary/aromatic N) is 3. The molecule has 1 amide bonds. The molecule has 0 aliphatic heterocycles. The van der Waals surface area contributed by atoms with E-state index in [4.69, 9.17) is 4.98 Å². The number of para-hydroxylation sites is 1. The van der Waals surface area contributed by atoms with Crippen molar-refractivity contribution in [3.63, 3.8) is 0 Å². The van der Waals surface area contributed by atoms with E-state index < -0.39 is 0 Å². The average Bonchev–Trinajstić information content (AvgIpc) is 2.91. The van der Waals surface area contributed by atoms with Crippen molar-refractivity contribution < 1.29 is 4.79 Å². The van der Waals surface area contributed by atoms with Crippen LogP contribution in [0.3, 0.4) is 0 Å². The molecule has 130 valence electrons. The van der Waals surface area contributed by atoms with Crippen LogP contribution in [0.25, 0.3) is 21.9 Å². The second kappa shape index (κ2) is 6.47. The molecule has 3 aromatic rings. The minimum atomic E-state index is 0.0314. The molecular formula is C20H24N4O. The fraction of sp³-hybridized carbons (Fsp3) is 0.450. The molecule has 0 saturated heterocycles. The summed E-state index contributed by atoms with van der Waals surface area (Å²) in [5, 5.41) is 9.97. The van der Waals surface area contributed by atoms with E-state index in [9.17, 15) is 4.79 Å². The molecule has 1 fully saturated rings. The van der Waals surface area contributed by atoms with Gasteiger partial charge in [0, 0.05) is 16.8 Å². The van der Waals surface area contributed by atoms with Crippen molar-refractivity contribution in [1.82, 2.24) is 20.1 Å². The number of carbonyl (C=O) groups is 1.